The highest BCUT2D eigenvalue weighted by molar-refractivity contribution is 7.98. The topological polar surface area (TPSA) is 86.8 Å². The molecule has 2 amide bonds. The maximum atomic E-state index is 13.6. The highest BCUT2D eigenvalue weighted by atomic mass is 32.2. The van der Waals surface area contributed by atoms with E-state index >= 15 is 0 Å². The zero-order valence-electron chi connectivity index (χ0n) is 24.2. The van der Waals surface area contributed by atoms with Gasteiger partial charge in [0, 0.05) is 35.1 Å². The van der Waals surface area contributed by atoms with Crippen molar-refractivity contribution in [2.75, 3.05) is 25.6 Å². The van der Waals surface area contributed by atoms with Crippen molar-refractivity contribution >= 4 is 33.4 Å². The Kier molecular flexibility index (Phi) is 9.99. The second-order valence-corrected chi connectivity index (χ2v) is 14.3. The lowest BCUT2D eigenvalue weighted by molar-refractivity contribution is -0.137. The van der Waals surface area contributed by atoms with Gasteiger partial charge in [-0.25, -0.2) is 8.42 Å². The summed E-state index contributed by atoms with van der Waals surface area (Å²) in [5.74, 6) is -1.51. The average Bonchev–Trinajstić information content (AvgIpc) is 3.31. The molecule has 0 unspecified atom stereocenters. The summed E-state index contributed by atoms with van der Waals surface area (Å²) >= 11 is 1.53. The molecule has 2 aromatic carbocycles. The van der Waals surface area contributed by atoms with Crippen molar-refractivity contribution in [1.29, 1.82) is 0 Å². The first kappa shape index (κ1) is 32.3. The number of nitrogens with one attached hydrogen (secondary N) is 1. The van der Waals surface area contributed by atoms with Crippen molar-refractivity contribution in [2.24, 2.45) is 5.92 Å². The lowest BCUT2D eigenvalue weighted by atomic mass is 9.81. The van der Waals surface area contributed by atoms with Crippen molar-refractivity contribution in [2.45, 2.75) is 79.7 Å². The summed E-state index contributed by atoms with van der Waals surface area (Å²) < 4.78 is 66.5. The average molecular weight is 626 g/mol. The molecule has 1 aliphatic carbocycles. The van der Waals surface area contributed by atoms with Gasteiger partial charge < -0.3 is 15.1 Å². The van der Waals surface area contributed by atoms with Gasteiger partial charge in [-0.3, -0.25) is 9.59 Å². The molecule has 7 nitrogen and oxygen atoms in total. The molecular formula is C30H38F3N3O4S2. The number of halogens is 3. The van der Waals surface area contributed by atoms with Crippen LogP contribution in [0.1, 0.15) is 55.5 Å². The molecule has 4 rings (SSSR count). The van der Waals surface area contributed by atoms with Crippen LogP contribution < -0.4 is 5.32 Å². The fourth-order valence-corrected chi connectivity index (χ4v) is 8.08. The summed E-state index contributed by atoms with van der Waals surface area (Å²) in [4.78, 5) is 31.5. The van der Waals surface area contributed by atoms with E-state index in [4.69, 9.17) is 0 Å². The number of hydrogen-bond acceptors (Lipinski definition) is 6. The molecule has 1 saturated heterocycles. The molecule has 1 N–H and O–H groups in total. The molecule has 4 atom stereocenters. The number of benzene rings is 2. The van der Waals surface area contributed by atoms with Gasteiger partial charge in [0.05, 0.1) is 16.2 Å². The Morgan fingerprint density at radius 2 is 1.81 bits per heavy atom. The van der Waals surface area contributed by atoms with Crippen LogP contribution in [-0.2, 0) is 20.8 Å². The minimum absolute atomic E-state index is 0.107. The third-order valence-corrected chi connectivity index (χ3v) is 11.2. The Balaban J connectivity index is 1.52. The predicted octanol–water partition coefficient (Wildman–Crippen LogP) is 5.11. The van der Waals surface area contributed by atoms with E-state index in [-0.39, 0.29) is 46.2 Å². The molecule has 42 heavy (non-hydrogen) atoms. The fourth-order valence-electron chi connectivity index (χ4n) is 6.01. The van der Waals surface area contributed by atoms with Crippen molar-refractivity contribution in [1.82, 2.24) is 15.1 Å². The molecule has 0 bridgehead atoms. The van der Waals surface area contributed by atoms with E-state index in [0.717, 1.165) is 29.5 Å². The summed E-state index contributed by atoms with van der Waals surface area (Å²) in [5.41, 5.74) is -1.12. The number of carbonyl (C=O) groups excluding carboxylic acids is 2. The Bertz CT molecular complexity index is 1380. The zero-order valence-corrected chi connectivity index (χ0v) is 25.9. The molecule has 2 aliphatic rings. The number of likely N-dealkylation sites (tertiary alicyclic amines) is 1. The van der Waals surface area contributed by atoms with Gasteiger partial charge in [-0.05, 0) is 101 Å². The summed E-state index contributed by atoms with van der Waals surface area (Å²) in [5, 5.41) is 2.61. The molecular weight excluding hydrogens is 587 g/mol. The summed E-state index contributed by atoms with van der Waals surface area (Å²) in [6, 6.07) is 10.1. The number of nitrogens with zero attached hydrogens (tertiary/aromatic N) is 2. The molecule has 0 radical (unpaired) electrons. The van der Waals surface area contributed by atoms with Crippen molar-refractivity contribution in [3.8, 4) is 0 Å². The van der Waals surface area contributed by atoms with Gasteiger partial charge in [0.2, 0.25) is 5.91 Å². The number of rotatable bonds is 9. The molecule has 1 heterocycles. The number of thioether (sulfide) groups is 1. The number of sulfone groups is 1. The normalized spacial score (nSPS) is 23.5. The van der Waals surface area contributed by atoms with Gasteiger partial charge in [-0.1, -0.05) is 6.07 Å². The van der Waals surface area contributed by atoms with Crippen LogP contribution in [0.2, 0.25) is 0 Å². The Morgan fingerprint density at radius 1 is 1.12 bits per heavy atom. The van der Waals surface area contributed by atoms with E-state index < -0.39 is 33.5 Å². The molecule has 0 aromatic heterocycles. The maximum Gasteiger partial charge on any atom is 0.416 e. The van der Waals surface area contributed by atoms with Crippen LogP contribution in [0.15, 0.2) is 58.3 Å². The van der Waals surface area contributed by atoms with Gasteiger partial charge >= 0.3 is 6.18 Å². The Hall–Kier alpha value is -2.57. The first-order valence-electron chi connectivity index (χ1n) is 14.1. The highest BCUT2D eigenvalue weighted by Crippen LogP contribution is 2.36. The fraction of sp³-hybridized carbons (Fsp3) is 0.533. The van der Waals surface area contributed by atoms with Gasteiger partial charge in [0.1, 0.15) is 6.04 Å². The molecule has 1 saturated carbocycles. The number of hydrogen-bond donors (Lipinski definition) is 1. The lowest BCUT2D eigenvalue weighted by Crippen LogP contribution is -2.53. The van der Waals surface area contributed by atoms with Crippen LogP contribution >= 0.6 is 11.8 Å². The van der Waals surface area contributed by atoms with Crippen LogP contribution in [0.3, 0.4) is 0 Å². The van der Waals surface area contributed by atoms with Crippen LogP contribution in [0.25, 0.3) is 0 Å². The van der Waals surface area contributed by atoms with Gasteiger partial charge in [0.25, 0.3) is 5.91 Å². The van der Waals surface area contributed by atoms with E-state index in [1.54, 1.807) is 29.2 Å². The van der Waals surface area contributed by atoms with E-state index in [1.165, 1.54) is 17.8 Å². The third kappa shape index (κ3) is 7.31. The number of alkyl halides is 3. The molecule has 2 aromatic rings. The van der Waals surface area contributed by atoms with E-state index in [9.17, 15) is 31.2 Å². The largest absolute Gasteiger partial charge is 0.416 e. The van der Waals surface area contributed by atoms with Gasteiger partial charge in [-0.15, -0.1) is 11.8 Å². The first-order chi connectivity index (χ1) is 19.7. The summed E-state index contributed by atoms with van der Waals surface area (Å²) in [6.45, 7) is 4.51. The number of carbonyl (C=O) groups is 2. The van der Waals surface area contributed by atoms with E-state index in [0.29, 0.717) is 25.8 Å². The van der Waals surface area contributed by atoms with Crippen LogP contribution in [0, 0.1) is 5.92 Å². The van der Waals surface area contributed by atoms with Crippen molar-refractivity contribution < 1.29 is 31.2 Å². The van der Waals surface area contributed by atoms with E-state index in [2.05, 4.69) is 24.1 Å². The van der Waals surface area contributed by atoms with Gasteiger partial charge in [-0.2, -0.15) is 13.2 Å². The molecule has 1 aliphatic heterocycles. The number of amides is 2. The van der Waals surface area contributed by atoms with Crippen LogP contribution in [0.5, 0.6) is 0 Å². The predicted molar refractivity (Wildman–Crippen MR) is 157 cm³/mol. The van der Waals surface area contributed by atoms with Crippen LogP contribution in [-0.4, -0.2) is 79.8 Å². The molecule has 12 heteroatoms. The zero-order chi connectivity index (χ0) is 30.8. The monoisotopic (exact) mass is 625 g/mol. The maximum absolute atomic E-state index is 13.6. The second kappa shape index (κ2) is 13.0. The summed E-state index contributed by atoms with van der Waals surface area (Å²) in [7, 11) is -1.62. The quantitative estimate of drug-likeness (QED) is 0.390. The van der Waals surface area contributed by atoms with Crippen molar-refractivity contribution in [3.63, 3.8) is 0 Å². The minimum atomic E-state index is -4.59. The standard InChI is InChI=1S/C30H38F3N3O4S2/c1-19(2)35(3)23-8-13-27(21(17-23)18-42(39,40)25-11-9-24(41-4)10-12-25)36-15-14-26(29(36)38)34-28(37)20-6-5-7-22(16-20)30(31,32)33/h5-7,9-12,16,19,21,23,26-27H,8,13-15,17-18H2,1-4H3,(H,34,37)/t21-,23-,26+,27+/m1/s1. The molecule has 2 fully saturated rings. The molecule has 0 spiro atoms. The molecule has 230 valence electrons. The first-order valence-corrected chi connectivity index (χ1v) is 17.0. The smallest absolute Gasteiger partial charge is 0.340 e. The SMILES string of the molecule is CSc1ccc(S(=O)(=O)C[C@H]2C[C@H](N(C)C(C)C)CC[C@@H]2N2CC[C@H](NC(=O)c3cccc(C(F)(F)F)c3)C2=O)cc1. The Morgan fingerprint density at radius 3 is 2.43 bits per heavy atom. The van der Waals surface area contributed by atoms with E-state index in [1.807, 2.05) is 13.3 Å². The van der Waals surface area contributed by atoms with Crippen LogP contribution in [0.4, 0.5) is 13.2 Å². The lowest BCUT2D eigenvalue weighted by Gasteiger charge is -2.44. The highest BCUT2D eigenvalue weighted by Gasteiger charge is 2.44. The second-order valence-electron chi connectivity index (χ2n) is 11.4. The Labute approximate surface area is 250 Å². The van der Waals surface area contributed by atoms with Crippen molar-refractivity contribution in [3.05, 3.63) is 59.7 Å². The summed E-state index contributed by atoms with van der Waals surface area (Å²) in [6.07, 6.45) is -0.358. The van der Waals surface area contributed by atoms with Gasteiger partial charge in [0.15, 0.2) is 9.84 Å². The minimum Gasteiger partial charge on any atom is -0.340 e. The third-order valence-electron chi connectivity index (χ3n) is 8.55.